The third-order valence-corrected chi connectivity index (χ3v) is 5.35. The summed E-state index contributed by atoms with van der Waals surface area (Å²) in [7, 11) is 0. The van der Waals surface area contributed by atoms with Crippen LogP contribution in [-0.4, -0.2) is 24.5 Å². The Hall–Kier alpha value is -2.35. The Bertz CT molecular complexity index is 857. The van der Waals surface area contributed by atoms with Gasteiger partial charge in [-0.2, -0.15) is 13.2 Å². The number of ether oxygens (including phenoxy) is 2. The Kier molecular flexibility index (Phi) is 5.55. The first-order valence-corrected chi connectivity index (χ1v) is 9.27. The van der Waals surface area contributed by atoms with E-state index >= 15 is 0 Å². The Morgan fingerprint density at radius 1 is 1.33 bits per heavy atom. The van der Waals surface area contributed by atoms with Gasteiger partial charge in [0.2, 0.25) is 5.78 Å². The van der Waals surface area contributed by atoms with Crippen LogP contribution < -0.4 is 4.74 Å². The van der Waals surface area contributed by atoms with Crippen molar-refractivity contribution < 1.29 is 32.2 Å². The number of ketones is 1. The minimum absolute atomic E-state index is 0.0150. The third-order valence-electron chi connectivity index (χ3n) is 4.40. The summed E-state index contributed by atoms with van der Waals surface area (Å²) in [4.78, 5) is 24.1. The molecule has 0 spiro atoms. The van der Waals surface area contributed by atoms with Gasteiger partial charge in [0.25, 0.3) is 0 Å². The fourth-order valence-corrected chi connectivity index (χ4v) is 3.75. The maximum absolute atomic E-state index is 12.8. The van der Waals surface area contributed by atoms with E-state index in [2.05, 4.69) is 4.74 Å². The van der Waals surface area contributed by atoms with Crippen molar-refractivity contribution in [2.75, 3.05) is 6.61 Å². The Morgan fingerprint density at radius 2 is 2.11 bits per heavy atom. The number of fused-ring (bicyclic) bond motifs is 2. The van der Waals surface area contributed by atoms with Gasteiger partial charge < -0.3 is 9.47 Å². The lowest BCUT2D eigenvalue weighted by Gasteiger charge is -2.15. The molecule has 0 bridgehead atoms. The molecule has 144 valence electrons. The van der Waals surface area contributed by atoms with Gasteiger partial charge in [0.05, 0.1) is 17.0 Å². The van der Waals surface area contributed by atoms with E-state index in [9.17, 15) is 22.8 Å². The van der Waals surface area contributed by atoms with Crippen molar-refractivity contribution in [1.29, 1.82) is 0 Å². The number of hydrogen-bond acceptors (Lipinski definition) is 5. The smallest absolute Gasteiger partial charge is 0.488 e. The number of rotatable bonds is 5. The maximum atomic E-state index is 12.8. The van der Waals surface area contributed by atoms with Crippen molar-refractivity contribution in [3.8, 4) is 5.75 Å². The molecule has 1 unspecified atom stereocenters. The first kappa shape index (κ1) is 19.4. The van der Waals surface area contributed by atoms with Gasteiger partial charge in [-0.15, -0.1) is 11.3 Å². The maximum Gasteiger partial charge on any atom is 0.490 e. The van der Waals surface area contributed by atoms with Crippen LogP contribution in [0.15, 0.2) is 29.6 Å². The van der Waals surface area contributed by atoms with Crippen LogP contribution in [0.4, 0.5) is 13.2 Å². The van der Waals surface area contributed by atoms with Crippen molar-refractivity contribution >= 4 is 23.1 Å². The minimum atomic E-state index is -4.97. The van der Waals surface area contributed by atoms with Gasteiger partial charge in [-0.05, 0) is 47.9 Å². The molecule has 1 aromatic heterocycles. The van der Waals surface area contributed by atoms with Gasteiger partial charge in [-0.25, -0.2) is 4.79 Å². The zero-order chi connectivity index (χ0) is 19.6. The molecule has 27 heavy (non-hydrogen) atoms. The van der Waals surface area contributed by atoms with Gasteiger partial charge >= 0.3 is 12.1 Å². The molecule has 1 atom stereocenters. The second-order valence-corrected chi connectivity index (χ2v) is 7.24. The predicted molar refractivity (Wildman–Crippen MR) is 93.2 cm³/mol. The third kappa shape index (κ3) is 4.32. The van der Waals surface area contributed by atoms with E-state index in [1.165, 1.54) is 11.3 Å². The summed E-state index contributed by atoms with van der Waals surface area (Å²) in [5, 5.41) is 1.85. The van der Waals surface area contributed by atoms with E-state index in [0.29, 0.717) is 35.6 Å². The molecule has 1 aliphatic rings. The minimum Gasteiger partial charge on any atom is -0.488 e. The van der Waals surface area contributed by atoms with Crippen LogP contribution in [0.1, 0.15) is 52.0 Å². The van der Waals surface area contributed by atoms with Crippen molar-refractivity contribution in [1.82, 2.24) is 0 Å². The van der Waals surface area contributed by atoms with Gasteiger partial charge in [0.1, 0.15) is 12.4 Å². The number of hydrogen-bond donors (Lipinski definition) is 0. The van der Waals surface area contributed by atoms with Crippen LogP contribution in [0.2, 0.25) is 0 Å². The Labute approximate surface area is 157 Å². The second kappa shape index (κ2) is 7.72. The molecule has 0 radical (unpaired) electrons. The van der Waals surface area contributed by atoms with Crippen LogP contribution in [-0.2, 0) is 16.1 Å². The summed E-state index contributed by atoms with van der Waals surface area (Å²) >= 11 is 1.38. The number of alkyl halides is 3. The summed E-state index contributed by atoms with van der Waals surface area (Å²) in [5.41, 5.74) is 2.24. The van der Waals surface area contributed by atoms with E-state index in [1.807, 2.05) is 24.4 Å². The van der Waals surface area contributed by atoms with Gasteiger partial charge in [-0.1, -0.05) is 13.0 Å². The zero-order valence-corrected chi connectivity index (χ0v) is 15.3. The SMILES string of the molecule is CC(CCCOC(=O)C(F)(F)F)c1ccc2c(c1)C(=O)c1sccc1CO2. The normalized spacial score (nSPS) is 14.6. The van der Waals surface area contributed by atoms with Gasteiger partial charge in [-0.3, -0.25) is 4.79 Å². The van der Waals surface area contributed by atoms with Crippen molar-refractivity contribution in [3.05, 3.63) is 51.2 Å². The molecular weight excluding hydrogens is 381 g/mol. The largest absolute Gasteiger partial charge is 0.490 e. The van der Waals surface area contributed by atoms with E-state index in [1.54, 1.807) is 12.1 Å². The fraction of sp³-hybridized carbons (Fsp3) is 0.368. The Balaban J connectivity index is 1.64. The van der Waals surface area contributed by atoms with E-state index in [-0.39, 0.29) is 18.3 Å². The number of halogens is 3. The molecule has 4 nitrogen and oxygen atoms in total. The lowest BCUT2D eigenvalue weighted by Crippen LogP contribution is -2.25. The monoisotopic (exact) mass is 398 g/mol. The van der Waals surface area contributed by atoms with Crippen LogP contribution in [0.3, 0.4) is 0 Å². The molecule has 0 fully saturated rings. The van der Waals surface area contributed by atoms with Gasteiger partial charge in [0, 0.05) is 5.56 Å². The quantitative estimate of drug-likeness (QED) is 0.533. The average molecular weight is 398 g/mol. The lowest BCUT2D eigenvalue weighted by molar-refractivity contribution is -0.199. The molecule has 3 rings (SSSR count). The molecule has 8 heteroatoms. The van der Waals surface area contributed by atoms with Crippen molar-refractivity contribution in [2.45, 2.75) is 38.5 Å². The summed E-state index contributed by atoms with van der Waals surface area (Å²) < 4.78 is 46.2. The highest BCUT2D eigenvalue weighted by atomic mass is 32.1. The average Bonchev–Trinajstić information content (AvgIpc) is 3.05. The molecule has 1 aliphatic heterocycles. The highest BCUT2D eigenvalue weighted by molar-refractivity contribution is 7.12. The molecule has 0 amide bonds. The molecule has 2 aromatic rings. The van der Waals surface area contributed by atoms with Crippen LogP contribution in [0, 0.1) is 0 Å². The van der Waals surface area contributed by atoms with Crippen LogP contribution in [0.25, 0.3) is 0 Å². The molecule has 1 aromatic carbocycles. The number of thiophene rings is 1. The standard InChI is InChI=1S/C19H17F3O4S/c1-11(3-2-7-25-18(24)19(20,21)22)12-4-5-15-14(9-12)16(23)17-13(10-26-15)6-8-27-17/h4-6,8-9,11H,2-3,7,10H2,1H3. The lowest BCUT2D eigenvalue weighted by atomic mass is 9.93. The van der Waals surface area contributed by atoms with E-state index < -0.39 is 12.1 Å². The summed E-state index contributed by atoms with van der Waals surface area (Å²) in [5.74, 6) is -1.74. The topological polar surface area (TPSA) is 52.6 Å². The predicted octanol–water partition coefficient (Wildman–Crippen LogP) is 4.86. The highest BCUT2D eigenvalue weighted by Crippen LogP contribution is 2.34. The second-order valence-electron chi connectivity index (χ2n) is 6.33. The van der Waals surface area contributed by atoms with Crippen LogP contribution in [0.5, 0.6) is 5.75 Å². The number of carbonyl (C=O) groups is 2. The number of benzene rings is 1. The highest BCUT2D eigenvalue weighted by Gasteiger charge is 2.40. The van der Waals surface area contributed by atoms with E-state index in [0.717, 1.165) is 11.1 Å². The summed E-state index contributed by atoms with van der Waals surface area (Å²) in [6, 6.07) is 7.24. The first-order chi connectivity index (χ1) is 12.8. The molecule has 2 heterocycles. The molecule has 0 aliphatic carbocycles. The number of esters is 1. The molecule has 0 saturated carbocycles. The first-order valence-electron chi connectivity index (χ1n) is 8.39. The molecule has 0 N–H and O–H groups in total. The van der Waals surface area contributed by atoms with Crippen molar-refractivity contribution in [3.63, 3.8) is 0 Å². The summed E-state index contributed by atoms with van der Waals surface area (Å²) in [6.07, 6.45) is -4.16. The fourth-order valence-electron chi connectivity index (χ4n) is 2.89. The summed E-state index contributed by atoms with van der Waals surface area (Å²) in [6.45, 7) is 1.96. The van der Waals surface area contributed by atoms with Crippen molar-refractivity contribution in [2.24, 2.45) is 0 Å². The molecular formula is C19H17F3O4S. The Morgan fingerprint density at radius 3 is 2.85 bits per heavy atom. The van der Waals surface area contributed by atoms with Gasteiger partial charge in [0.15, 0.2) is 0 Å². The number of carbonyl (C=O) groups excluding carboxylic acids is 2. The molecule has 0 saturated heterocycles. The van der Waals surface area contributed by atoms with E-state index in [4.69, 9.17) is 4.74 Å². The zero-order valence-electron chi connectivity index (χ0n) is 14.5. The van der Waals surface area contributed by atoms with Crippen LogP contribution >= 0.6 is 11.3 Å².